The minimum absolute atomic E-state index is 0.00449. The van der Waals surface area contributed by atoms with E-state index >= 15 is 0 Å². The van der Waals surface area contributed by atoms with Crippen molar-refractivity contribution in [2.75, 3.05) is 40.4 Å². The van der Waals surface area contributed by atoms with E-state index in [4.69, 9.17) is 14.5 Å². The molecule has 6 heterocycles. The number of hydrogen-bond acceptors (Lipinski definition) is 11. The van der Waals surface area contributed by atoms with Gasteiger partial charge in [-0.2, -0.15) is 0 Å². The molecule has 4 aliphatic heterocycles. The van der Waals surface area contributed by atoms with Crippen molar-refractivity contribution >= 4 is 40.5 Å². The molecule has 4 amide bonds. The van der Waals surface area contributed by atoms with Gasteiger partial charge in [-0.1, -0.05) is 46.8 Å². The van der Waals surface area contributed by atoms with Crippen LogP contribution in [0.1, 0.15) is 90.7 Å². The van der Waals surface area contributed by atoms with Crippen LogP contribution in [0.3, 0.4) is 0 Å². The average molecular weight is 945 g/mol. The number of aromatic hydroxyl groups is 1. The number of fused-ring (bicyclic) bond motifs is 7. The molecule has 3 saturated heterocycles. The average Bonchev–Trinajstić information content (AvgIpc) is 4.21. The number of carbonyl (C=O) groups excluding carboxylic acids is 5. The zero-order valence-corrected chi connectivity index (χ0v) is 41.4. The van der Waals surface area contributed by atoms with Crippen LogP contribution >= 0.6 is 0 Å². The molecular formula is C53H68N8O8. The molecule has 2 aromatic carbocycles. The van der Waals surface area contributed by atoms with Gasteiger partial charge in [-0.25, -0.2) is 5.43 Å². The molecule has 3 unspecified atom stereocenters. The van der Waals surface area contributed by atoms with Gasteiger partial charge < -0.3 is 39.6 Å². The van der Waals surface area contributed by atoms with Gasteiger partial charge in [-0.15, -0.1) is 0 Å². The van der Waals surface area contributed by atoms with Crippen molar-refractivity contribution in [3.63, 3.8) is 0 Å². The number of aryl methyl sites for hydroxylation is 1. The molecule has 4 aromatic rings. The highest BCUT2D eigenvalue weighted by molar-refractivity contribution is 6.01. The summed E-state index contributed by atoms with van der Waals surface area (Å²) >= 11 is 0. The fraction of sp³-hybridized carbons (Fsp3) is 0.547. The zero-order chi connectivity index (χ0) is 49.3. The van der Waals surface area contributed by atoms with Crippen molar-refractivity contribution in [2.24, 2.45) is 23.2 Å². The first-order valence-electron chi connectivity index (χ1n) is 24.7. The van der Waals surface area contributed by atoms with Crippen LogP contribution in [0.5, 0.6) is 5.75 Å². The van der Waals surface area contributed by atoms with Crippen LogP contribution in [0.15, 0.2) is 54.7 Å². The first-order chi connectivity index (χ1) is 32.9. The molecule has 1 saturated carbocycles. The molecule has 16 heteroatoms. The van der Waals surface area contributed by atoms with Gasteiger partial charge in [-0.3, -0.25) is 34.0 Å². The summed E-state index contributed by atoms with van der Waals surface area (Å²) in [6, 6.07) is 12.2. The standard InChI is InChI=1S/C53H68N8O8/c1-10-59-43-16-15-33-25-37(43)38(46(59)36-13-11-18-54-44(36)31(5)68-9)26-52(6,7)28-69-50(66)40-14-12-19-61(57-40)49(65)41(23-32-21-34(33)24-35(62)22-32)56-47(63)45(29(2)3)58(8)51(67)53-30(4)39(53)17-20-60(53)48(64)42-27-55-42/h11,13,15-16,18,21-22,24-25,29-31,39-42,45,55,57,62H,10,12,14,17,19-20,23,26-28H2,1-9H3,(H,56,63)/t30?,31-,39?,40-,41-,42-,45?,53-/m0/s1. The molecule has 4 N–H and O–H groups in total. The van der Waals surface area contributed by atoms with Crippen molar-refractivity contribution < 1.29 is 38.6 Å². The summed E-state index contributed by atoms with van der Waals surface area (Å²) in [5.74, 6) is -2.26. The smallest absolute Gasteiger partial charge is 0.324 e. The van der Waals surface area contributed by atoms with E-state index in [1.165, 1.54) is 9.91 Å². The quantitative estimate of drug-likeness (QED) is 0.121. The number of amides is 4. The minimum Gasteiger partial charge on any atom is -0.508 e. The molecule has 0 radical (unpaired) electrons. The monoisotopic (exact) mass is 945 g/mol. The number of methoxy groups -OCH3 is 1. The number of piperidine rings is 1. The van der Waals surface area contributed by atoms with Crippen LogP contribution in [0, 0.1) is 23.2 Å². The van der Waals surface area contributed by atoms with Gasteiger partial charge in [0.05, 0.1) is 30.1 Å². The lowest BCUT2D eigenvalue weighted by Gasteiger charge is -2.38. The van der Waals surface area contributed by atoms with Crippen LogP contribution in [0.25, 0.3) is 33.3 Å². The number of hydrazine groups is 1. The molecule has 16 nitrogen and oxygen atoms in total. The summed E-state index contributed by atoms with van der Waals surface area (Å²) in [4.78, 5) is 79.9. The summed E-state index contributed by atoms with van der Waals surface area (Å²) in [6.45, 7) is 16.1. The first kappa shape index (κ1) is 48.2. The Balaban J connectivity index is 1.11. The number of carbonyl (C=O) groups is 5. The number of nitrogens with one attached hydrogen (secondary N) is 3. The van der Waals surface area contributed by atoms with E-state index < -0.39 is 46.9 Å². The van der Waals surface area contributed by atoms with Gasteiger partial charge in [-0.05, 0) is 116 Å². The number of pyridine rings is 1. The third-order valence-electron chi connectivity index (χ3n) is 15.5. The Morgan fingerprint density at radius 2 is 1.83 bits per heavy atom. The maximum Gasteiger partial charge on any atom is 0.324 e. The van der Waals surface area contributed by atoms with Crippen LogP contribution in [-0.2, 0) is 52.8 Å². The normalized spacial score (nSPS) is 26.2. The summed E-state index contributed by atoms with van der Waals surface area (Å²) in [5.41, 5.74) is 8.56. The van der Waals surface area contributed by atoms with Gasteiger partial charge in [0.25, 0.3) is 5.91 Å². The second kappa shape index (κ2) is 18.5. The van der Waals surface area contributed by atoms with Gasteiger partial charge in [0.15, 0.2) is 0 Å². The number of phenols is 1. The molecule has 0 spiro atoms. The number of ether oxygens (including phenoxy) is 2. The Bertz CT molecular complexity index is 2690. The van der Waals surface area contributed by atoms with Crippen LogP contribution in [-0.4, -0.2) is 129 Å². The number of esters is 1. The summed E-state index contributed by atoms with van der Waals surface area (Å²) < 4.78 is 14.2. The lowest BCUT2D eigenvalue weighted by molar-refractivity contribution is -0.156. The Morgan fingerprint density at radius 1 is 1.06 bits per heavy atom. The van der Waals surface area contributed by atoms with Gasteiger partial charge >= 0.3 is 5.97 Å². The number of cyclic esters (lactones) is 1. The number of hydrogen-bond donors (Lipinski definition) is 4. The van der Waals surface area contributed by atoms with Crippen molar-refractivity contribution in [3.8, 4) is 28.1 Å². The van der Waals surface area contributed by atoms with Crippen LogP contribution in [0.2, 0.25) is 0 Å². The van der Waals surface area contributed by atoms with E-state index in [9.17, 15) is 29.1 Å². The molecule has 8 atom stereocenters. The van der Waals surface area contributed by atoms with Gasteiger partial charge in [0.2, 0.25) is 17.7 Å². The maximum atomic E-state index is 14.9. The number of likely N-dealkylation sites (N-methyl/N-ethyl adjacent to an activating group) is 1. The number of aromatic nitrogens is 2. The Labute approximate surface area is 404 Å². The third kappa shape index (κ3) is 8.66. The van der Waals surface area contributed by atoms with Crippen LogP contribution < -0.4 is 16.1 Å². The molecule has 368 valence electrons. The highest BCUT2D eigenvalue weighted by atomic mass is 16.5. The molecule has 2 aromatic heterocycles. The summed E-state index contributed by atoms with van der Waals surface area (Å²) in [5, 5.41) is 19.9. The van der Waals surface area contributed by atoms with Crippen molar-refractivity contribution in [1.29, 1.82) is 0 Å². The van der Waals surface area contributed by atoms with Crippen LogP contribution in [0.4, 0.5) is 0 Å². The molecule has 5 aliphatic rings. The van der Waals surface area contributed by atoms with E-state index in [2.05, 4.69) is 59.6 Å². The van der Waals surface area contributed by atoms with Crippen molar-refractivity contribution in [2.45, 2.75) is 123 Å². The molecule has 9 rings (SSSR count). The van der Waals surface area contributed by atoms with E-state index in [0.29, 0.717) is 44.5 Å². The zero-order valence-electron chi connectivity index (χ0n) is 41.4. The Morgan fingerprint density at radius 3 is 2.52 bits per heavy atom. The summed E-state index contributed by atoms with van der Waals surface area (Å²) in [7, 11) is 3.29. The van der Waals surface area contributed by atoms with E-state index in [0.717, 1.165) is 51.0 Å². The fourth-order valence-corrected chi connectivity index (χ4v) is 11.8. The maximum absolute atomic E-state index is 14.9. The lowest BCUT2D eigenvalue weighted by Crippen LogP contribution is -2.63. The molecule has 6 bridgehead atoms. The molecule has 1 aliphatic carbocycles. The molecular weight excluding hydrogens is 877 g/mol. The predicted molar refractivity (Wildman–Crippen MR) is 260 cm³/mol. The van der Waals surface area contributed by atoms with Gasteiger partial charge in [0, 0.05) is 74.8 Å². The SMILES string of the molecule is CCn1c(-c2cccnc2[C@H](C)OC)c2c3cc(ccc31)-c1cc(O)cc(c1)C[C@H](NC(=O)C(C(C)C)N(C)C(=O)[C@]13C(C)C1CCN3C(=O)[C@@H]1CN1)C(=O)N1CCC[C@H](N1)C(=O)OCC(C)(C)C2. The topological polar surface area (TPSA) is 198 Å². The number of likely N-dealkylation sites (tertiary alicyclic amines) is 1. The Kier molecular flexibility index (Phi) is 12.9. The fourth-order valence-electron chi connectivity index (χ4n) is 11.8. The molecule has 69 heavy (non-hydrogen) atoms. The minimum atomic E-state index is -1.17. The summed E-state index contributed by atoms with van der Waals surface area (Å²) in [6.07, 6.45) is 3.69. The molecule has 4 fully saturated rings. The highest BCUT2D eigenvalue weighted by Crippen LogP contribution is 2.62. The van der Waals surface area contributed by atoms with E-state index in [1.807, 2.05) is 45.9 Å². The number of phenolic OH excluding ortho intramolecular Hbond substituents is 1. The largest absolute Gasteiger partial charge is 0.508 e. The lowest BCUT2D eigenvalue weighted by atomic mass is 9.84. The number of benzene rings is 2. The number of rotatable bonds is 10. The Hall–Kier alpha value is -5.84. The van der Waals surface area contributed by atoms with Crippen molar-refractivity contribution in [1.82, 2.24) is 40.4 Å². The predicted octanol–water partition coefficient (Wildman–Crippen LogP) is 5.14. The third-order valence-corrected chi connectivity index (χ3v) is 15.5. The second-order valence-corrected chi connectivity index (χ2v) is 21.1. The highest BCUT2D eigenvalue weighted by Gasteiger charge is 2.75. The second-order valence-electron chi connectivity index (χ2n) is 21.1. The van der Waals surface area contributed by atoms with Gasteiger partial charge in [0.1, 0.15) is 29.4 Å². The van der Waals surface area contributed by atoms with E-state index in [-0.39, 0.29) is 67.0 Å². The first-order valence-corrected chi connectivity index (χ1v) is 24.7. The van der Waals surface area contributed by atoms with E-state index in [1.54, 1.807) is 37.4 Å². The van der Waals surface area contributed by atoms with Crippen molar-refractivity contribution in [3.05, 3.63) is 71.5 Å². The number of nitrogens with zero attached hydrogens (tertiary/aromatic N) is 5.